The van der Waals surface area contributed by atoms with Crippen LogP contribution >= 0.6 is 0 Å². The monoisotopic (exact) mass is 265 g/mol. The highest BCUT2D eigenvalue weighted by molar-refractivity contribution is 5.94. The third-order valence-corrected chi connectivity index (χ3v) is 3.99. The Hall–Kier alpha value is -1.89. The molecule has 0 aromatic carbocycles. The molecule has 2 bridgehead atoms. The summed E-state index contributed by atoms with van der Waals surface area (Å²) in [6, 6.07) is -0.0137. The molecule has 19 heavy (non-hydrogen) atoms. The maximum absolute atomic E-state index is 12.4. The highest BCUT2D eigenvalue weighted by Gasteiger charge is 2.43. The van der Waals surface area contributed by atoms with E-state index in [2.05, 4.69) is 9.97 Å². The van der Waals surface area contributed by atoms with Gasteiger partial charge in [0.05, 0.1) is 6.10 Å². The number of aliphatic hydroxyl groups is 1. The first-order valence-corrected chi connectivity index (χ1v) is 6.39. The molecule has 2 aliphatic heterocycles. The number of H-pyrrole nitrogens is 2. The number of hydrogen-bond acceptors (Lipinski definition) is 4. The number of carbonyl (C=O) groups excluding carboxylic acids is 1. The number of nitrogens with one attached hydrogen (secondary N) is 2. The molecule has 2 aliphatic rings. The van der Waals surface area contributed by atoms with Gasteiger partial charge in [-0.3, -0.25) is 14.6 Å². The Balaban J connectivity index is 1.93. The molecule has 0 radical (unpaired) electrons. The summed E-state index contributed by atoms with van der Waals surface area (Å²) in [5.74, 6) is -0.364. The van der Waals surface area contributed by atoms with Crippen LogP contribution in [0.1, 0.15) is 36.0 Å². The zero-order valence-corrected chi connectivity index (χ0v) is 10.3. The average Bonchev–Trinajstić information content (AvgIpc) is 2.61. The van der Waals surface area contributed by atoms with Crippen molar-refractivity contribution in [2.75, 3.05) is 0 Å². The van der Waals surface area contributed by atoms with Crippen LogP contribution in [0.4, 0.5) is 0 Å². The topological polar surface area (TPSA) is 106 Å². The van der Waals surface area contributed by atoms with Crippen molar-refractivity contribution in [1.29, 1.82) is 0 Å². The highest BCUT2D eigenvalue weighted by atomic mass is 16.3. The van der Waals surface area contributed by atoms with Gasteiger partial charge in [-0.25, -0.2) is 4.79 Å². The van der Waals surface area contributed by atoms with Crippen molar-refractivity contribution in [3.63, 3.8) is 0 Å². The number of amides is 1. The van der Waals surface area contributed by atoms with Crippen molar-refractivity contribution >= 4 is 5.91 Å². The number of piperidine rings is 1. The van der Waals surface area contributed by atoms with Gasteiger partial charge < -0.3 is 15.0 Å². The normalized spacial score (nSPS) is 29.5. The first kappa shape index (κ1) is 12.2. The predicted octanol–water partition coefficient (Wildman–Crippen LogP) is -0.809. The summed E-state index contributed by atoms with van der Waals surface area (Å²) in [5.41, 5.74) is -1.34. The third-order valence-electron chi connectivity index (χ3n) is 3.99. The molecule has 2 fully saturated rings. The van der Waals surface area contributed by atoms with Crippen LogP contribution in [-0.4, -0.2) is 44.1 Å². The number of carbonyl (C=O) groups is 1. The standard InChI is InChI=1S/C12H15N3O4/c16-8-3-6-1-2-7(4-8)15(6)11(18)9-5-13-12(19)14-10(9)17/h5-8,16H,1-4H2,(H2,13,14,17,19). The minimum atomic E-state index is -0.667. The van der Waals surface area contributed by atoms with E-state index in [1.807, 2.05) is 0 Å². The van der Waals surface area contributed by atoms with Gasteiger partial charge in [0.2, 0.25) is 0 Å². The first-order chi connectivity index (χ1) is 9.06. The highest BCUT2D eigenvalue weighted by Crippen LogP contribution is 2.36. The Morgan fingerprint density at radius 2 is 1.89 bits per heavy atom. The van der Waals surface area contributed by atoms with E-state index in [0.717, 1.165) is 19.0 Å². The second kappa shape index (κ2) is 4.34. The van der Waals surface area contributed by atoms with Gasteiger partial charge in [-0.2, -0.15) is 0 Å². The zero-order valence-electron chi connectivity index (χ0n) is 10.3. The van der Waals surface area contributed by atoms with Crippen molar-refractivity contribution in [3.05, 3.63) is 32.6 Å². The summed E-state index contributed by atoms with van der Waals surface area (Å²) in [7, 11) is 0. The SMILES string of the molecule is O=C(c1c[nH]c(=O)[nH]c1=O)N1C2CCC1CC(O)C2. The second-order valence-electron chi connectivity index (χ2n) is 5.21. The lowest BCUT2D eigenvalue weighted by molar-refractivity contribution is 0.0285. The van der Waals surface area contributed by atoms with Gasteiger partial charge in [0.15, 0.2) is 0 Å². The summed E-state index contributed by atoms with van der Waals surface area (Å²) < 4.78 is 0. The van der Waals surface area contributed by atoms with Crippen LogP contribution < -0.4 is 11.2 Å². The zero-order chi connectivity index (χ0) is 13.6. The number of aromatic amines is 2. The molecule has 2 atom stereocenters. The molecule has 2 unspecified atom stereocenters. The molecule has 1 aromatic heterocycles. The van der Waals surface area contributed by atoms with Crippen molar-refractivity contribution in [2.24, 2.45) is 0 Å². The molecule has 3 rings (SSSR count). The summed E-state index contributed by atoms with van der Waals surface area (Å²) >= 11 is 0. The summed E-state index contributed by atoms with van der Waals surface area (Å²) in [5, 5.41) is 9.70. The number of aromatic nitrogens is 2. The van der Waals surface area contributed by atoms with Crippen LogP contribution in [0.15, 0.2) is 15.8 Å². The lowest BCUT2D eigenvalue weighted by Crippen LogP contribution is -2.49. The summed E-state index contributed by atoms with van der Waals surface area (Å²) in [6.07, 6.45) is 3.63. The van der Waals surface area contributed by atoms with Crippen molar-refractivity contribution in [1.82, 2.24) is 14.9 Å². The van der Waals surface area contributed by atoms with Gasteiger partial charge in [-0.05, 0) is 25.7 Å². The van der Waals surface area contributed by atoms with Crippen LogP contribution in [0, 0.1) is 0 Å². The van der Waals surface area contributed by atoms with Crippen LogP contribution in [-0.2, 0) is 0 Å². The number of aliphatic hydroxyl groups excluding tert-OH is 1. The van der Waals surface area contributed by atoms with Gasteiger partial charge in [-0.1, -0.05) is 0 Å². The lowest BCUT2D eigenvalue weighted by Gasteiger charge is -2.37. The third kappa shape index (κ3) is 1.99. The number of nitrogens with zero attached hydrogens (tertiary/aromatic N) is 1. The van der Waals surface area contributed by atoms with E-state index in [0.29, 0.717) is 12.8 Å². The lowest BCUT2D eigenvalue weighted by atomic mass is 9.99. The van der Waals surface area contributed by atoms with Crippen LogP contribution in [0.5, 0.6) is 0 Å². The van der Waals surface area contributed by atoms with E-state index in [1.54, 1.807) is 4.90 Å². The average molecular weight is 265 g/mol. The maximum Gasteiger partial charge on any atom is 0.325 e. The van der Waals surface area contributed by atoms with Gasteiger partial charge in [0.25, 0.3) is 11.5 Å². The van der Waals surface area contributed by atoms with Crippen LogP contribution in [0.3, 0.4) is 0 Å². The largest absolute Gasteiger partial charge is 0.393 e. The fourth-order valence-electron chi connectivity index (χ4n) is 3.19. The smallest absolute Gasteiger partial charge is 0.325 e. The first-order valence-electron chi connectivity index (χ1n) is 6.39. The minimum Gasteiger partial charge on any atom is -0.393 e. The van der Waals surface area contributed by atoms with Gasteiger partial charge in [-0.15, -0.1) is 0 Å². The molecule has 0 spiro atoms. The van der Waals surface area contributed by atoms with Crippen molar-refractivity contribution in [2.45, 2.75) is 43.9 Å². The Morgan fingerprint density at radius 1 is 1.26 bits per heavy atom. The Labute approximate surface area is 108 Å². The van der Waals surface area contributed by atoms with E-state index in [4.69, 9.17) is 0 Å². The summed E-state index contributed by atoms with van der Waals surface area (Å²) in [4.78, 5) is 41.1. The van der Waals surface area contributed by atoms with E-state index in [1.165, 1.54) is 0 Å². The maximum atomic E-state index is 12.4. The number of fused-ring (bicyclic) bond motifs is 2. The molecule has 3 N–H and O–H groups in total. The molecule has 1 aromatic rings. The van der Waals surface area contributed by atoms with Gasteiger partial charge in [0.1, 0.15) is 5.56 Å². The quantitative estimate of drug-likeness (QED) is 0.617. The van der Waals surface area contributed by atoms with E-state index in [-0.39, 0.29) is 29.7 Å². The molecule has 2 saturated heterocycles. The fourth-order valence-corrected chi connectivity index (χ4v) is 3.19. The number of hydrogen-bond donors (Lipinski definition) is 3. The van der Waals surface area contributed by atoms with Crippen LogP contribution in [0.2, 0.25) is 0 Å². The van der Waals surface area contributed by atoms with Crippen LogP contribution in [0.25, 0.3) is 0 Å². The minimum absolute atomic E-state index is 0.00687. The Kier molecular flexibility index (Phi) is 2.78. The molecule has 7 heteroatoms. The van der Waals surface area contributed by atoms with Crippen molar-refractivity contribution in [3.8, 4) is 0 Å². The van der Waals surface area contributed by atoms with Gasteiger partial charge >= 0.3 is 5.69 Å². The number of rotatable bonds is 1. The fraction of sp³-hybridized carbons (Fsp3) is 0.583. The van der Waals surface area contributed by atoms with E-state index < -0.39 is 11.2 Å². The molecule has 7 nitrogen and oxygen atoms in total. The predicted molar refractivity (Wildman–Crippen MR) is 65.9 cm³/mol. The molecule has 1 amide bonds. The molecular formula is C12H15N3O4. The van der Waals surface area contributed by atoms with E-state index in [9.17, 15) is 19.5 Å². The molecular weight excluding hydrogens is 250 g/mol. The summed E-state index contributed by atoms with van der Waals surface area (Å²) in [6.45, 7) is 0. The van der Waals surface area contributed by atoms with E-state index >= 15 is 0 Å². The Morgan fingerprint density at radius 3 is 2.47 bits per heavy atom. The molecule has 3 heterocycles. The second-order valence-corrected chi connectivity index (χ2v) is 5.21. The van der Waals surface area contributed by atoms with Crippen molar-refractivity contribution < 1.29 is 9.90 Å². The molecule has 0 aliphatic carbocycles. The van der Waals surface area contributed by atoms with Gasteiger partial charge in [0, 0.05) is 18.3 Å². The molecule has 0 saturated carbocycles. The molecule has 102 valence electrons. The Bertz CT molecular complexity index is 606.